The number of fused-ring (bicyclic) bond motifs is 1. The highest BCUT2D eigenvalue weighted by atomic mass is 32.2. The molecule has 2 heterocycles. The van der Waals surface area contributed by atoms with E-state index in [1.54, 1.807) is 0 Å². The molecular formula is C7H7NO4S2. The fourth-order valence-electron chi connectivity index (χ4n) is 1.48. The van der Waals surface area contributed by atoms with Crippen molar-refractivity contribution in [3.05, 3.63) is 0 Å². The summed E-state index contributed by atoms with van der Waals surface area (Å²) in [6.07, 6.45) is -1.46. The van der Waals surface area contributed by atoms with Crippen LogP contribution in [0.3, 0.4) is 0 Å². The van der Waals surface area contributed by atoms with Crippen LogP contribution in [0.4, 0.5) is 4.79 Å². The first-order valence-electron chi connectivity index (χ1n) is 3.97. The minimum absolute atomic E-state index is 0.348. The summed E-state index contributed by atoms with van der Waals surface area (Å²) in [5.41, 5.74) is 0. The zero-order valence-electron chi connectivity index (χ0n) is 7.00. The number of carbonyl (C=O) groups excluding carboxylic acids is 2. The molecule has 0 aromatic carbocycles. The fraction of sp³-hybridized carbons (Fsp3) is 0.571. The average Bonchev–Trinajstić information content (AvgIpc) is 2.41. The second-order valence-electron chi connectivity index (χ2n) is 2.88. The van der Waals surface area contributed by atoms with Crippen molar-refractivity contribution in [3.8, 4) is 0 Å². The van der Waals surface area contributed by atoms with E-state index in [1.807, 2.05) is 0 Å². The third kappa shape index (κ3) is 1.31. The normalized spacial score (nSPS) is 31.9. The molecule has 2 atom stereocenters. The van der Waals surface area contributed by atoms with Crippen molar-refractivity contribution in [2.45, 2.75) is 10.5 Å². The van der Waals surface area contributed by atoms with Gasteiger partial charge in [-0.2, -0.15) is 4.90 Å². The number of carbonyl (C=O) groups is 3. The number of hydrogen-bond acceptors (Lipinski definition) is 5. The SMILES string of the molecule is O=C(O)N1C(=O)C2SCCSC2C1=O. The van der Waals surface area contributed by atoms with E-state index in [-0.39, 0.29) is 0 Å². The number of nitrogens with zero attached hydrogens (tertiary/aromatic N) is 1. The van der Waals surface area contributed by atoms with Crippen LogP contribution in [0.25, 0.3) is 0 Å². The highest BCUT2D eigenvalue weighted by molar-refractivity contribution is 8.08. The third-order valence-corrected chi connectivity index (χ3v) is 5.05. The molecule has 0 aromatic heterocycles. The Bertz CT molecular complexity index is 295. The summed E-state index contributed by atoms with van der Waals surface area (Å²) in [6, 6.07) is 0. The summed E-state index contributed by atoms with van der Waals surface area (Å²) in [6.45, 7) is 0. The summed E-state index contributed by atoms with van der Waals surface area (Å²) >= 11 is 2.74. The van der Waals surface area contributed by atoms with E-state index in [0.29, 0.717) is 4.90 Å². The van der Waals surface area contributed by atoms with Crippen LogP contribution in [0.15, 0.2) is 0 Å². The van der Waals surface area contributed by atoms with Crippen molar-refractivity contribution >= 4 is 41.4 Å². The standard InChI is InChI=1S/C7H7NO4S2/c9-5-3-4(14-2-1-13-3)6(10)8(5)7(11)12/h3-4H,1-2H2,(H,11,12). The summed E-state index contributed by atoms with van der Waals surface area (Å²) in [5, 5.41) is 7.69. The Kier molecular flexibility index (Phi) is 2.44. The number of hydrogen-bond donors (Lipinski definition) is 1. The van der Waals surface area contributed by atoms with Gasteiger partial charge in [0.15, 0.2) is 0 Å². The second kappa shape index (κ2) is 3.47. The maximum atomic E-state index is 11.5. The maximum absolute atomic E-state index is 11.5. The monoisotopic (exact) mass is 233 g/mol. The van der Waals surface area contributed by atoms with Crippen molar-refractivity contribution in [2.75, 3.05) is 11.5 Å². The molecule has 0 aromatic rings. The van der Waals surface area contributed by atoms with Crippen LogP contribution in [0.5, 0.6) is 0 Å². The van der Waals surface area contributed by atoms with Gasteiger partial charge in [0, 0.05) is 11.5 Å². The predicted molar refractivity (Wildman–Crippen MR) is 52.4 cm³/mol. The highest BCUT2D eigenvalue weighted by Gasteiger charge is 2.52. The van der Waals surface area contributed by atoms with Crippen LogP contribution in [-0.4, -0.2) is 49.9 Å². The van der Waals surface area contributed by atoms with Crippen LogP contribution in [0.2, 0.25) is 0 Å². The Morgan fingerprint density at radius 3 is 2.00 bits per heavy atom. The number of carboxylic acid groups (broad SMARTS) is 1. The Morgan fingerprint density at radius 1 is 1.21 bits per heavy atom. The van der Waals surface area contributed by atoms with Crippen LogP contribution < -0.4 is 0 Å². The molecule has 1 N–H and O–H groups in total. The number of amides is 3. The lowest BCUT2D eigenvalue weighted by Crippen LogP contribution is -2.36. The molecule has 0 saturated carbocycles. The van der Waals surface area contributed by atoms with Crippen LogP contribution in [-0.2, 0) is 9.59 Å². The summed E-state index contributed by atoms with van der Waals surface area (Å²) in [4.78, 5) is 33.9. The van der Waals surface area contributed by atoms with Crippen LogP contribution in [0.1, 0.15) is 0 Å². The summed E-state index contributed by atoms with van der Waals surface area (Å²) in [7, 11) is 0. The van der Waals surface area contributed by atoms with E-state index in [4.69, 9.17) is 5.11 Å². The number of likely N-dealkylation sites (tertiary alicyclic amines) is 1. The van der Waals surface area contributed by atoms with Gasteiger partial charge in [-0.3, -0.25) is 9.59 Å². The van der Waals surface area contributed by atoms with Crippen molar-refractivity contribution in [3.63, 3.8) is 0 Å². The molecule has 0 spiro atoms. The predicted octanol–water partition coefficient (Wildman–Crippen LogP) is 0.250. The largest absolute Gasteiger partial charge is 0.464 e. The lowest BCUT2D eigenvalue weighted by molar-refractivity contribution is -0.135. The third-order valence-electron chi connectivity index (χ3n) is 2.07. The Hall–Kier alpha value is -0.690. The Labute approximate surface area is 88.2 Å². The van der Waals surface area contributed by atoms with Crippen molar-refractivity contribution < 1.29 is 19.5 Å². The number of thioether (sulfide) groups is 2. The molecule has 2 fully saturated rings. The van der Waals surface area contributed by atoms with Crippen LogP contribution in [0, 0.1) is 0 Å². The molecule has 2 rings (SSSR count). The van der Waals surface area contributed by atoms with Crippen molar-refractivity contribution in [1.82, 2.24) is 4.90 Å². The smallest absolute Gasteiger partial charge is 0.421 e. The second-order valence-corrected chi connectivity index (χ2v) is 5.38. The lowest BCUT2D eigenvalue weighted by Gasteiger charge is -2.19. The number of imide groups is 3. The zero-order valence-corrected chi connectivity index (χ0v) is 8.64. The molecule has 2 aliphatic heterocycles. The van der Waals surface area contributed by atoms with Gasteiger partial charge in [-0.05, 0) is 0 Å². The molecule has 7 heteroatoms. The van der Waals surface area contributed by atoms with Gasteiger partial charge in [0.05, 0.1) is 0 Å². The topological polar surface area (TPSA) is 74.7 Å². The van der Waals surface area contributed by atoms with Gasteiger partial charge < -0.3 is 5.11 Å². The zero-order chi connectivity index (χ0) is 10.3. The van der Waals surface area contributed by atoms with E-state index in [0.717, 1.165) is 11.5 Å². The molecular weight excluding hydrogens is 226 g/mol. The van der Waals surface area contributed by atoms with Gasteiger partial charge in [0.25, 0.3) is 11.8 Å². The van der Waals surface area contributed by atoms with E-state index in [1.165, 1.54) is 23.5 Å². The molecule has 0 bridgehead atoms. The fourth-order valence-corrected chi connectivity index (χ4v) is 4.31. The van der Waals surface area contributed by atoms with E-state index >= 15 is 0 Å². The molecule has 2 saturated heterocycles. The molecule has 5 nitrogen and oxygen atoms in total. The average molecular weight is 233 g/mol. The van der Waals surface area contributed by atoms with Gasteiger partial charge in [-0.1, -0.05) is 0 Å². The van der Waals surface area contributed by atoms with Gasteiger partial charge >= 0.3 is 6.09 Å². The first kappa shape index (κ1) is 9.85. The van der Waals surface area contributed by atoms with E-state index in [9.17, 15) is 14.4 Å². The molecule has 0 radical (unpaired) electrons. The lowest BCUT2D eigenvalue weighted by atomic mass is 10.3. The van der Waals surface area contributed by atoms with E-state index in [2.05, 4.69) is 0 Å². The first-order chi connectivity index (χ1) is 6.63. The molecule has 2 aliphatic rings. The van der Waals surface area contributed by atoms with E-state index < -0.39 is 28.4 Å². The Balaban J connectivity index is 2.29. The number of rotatable bonds is 0. The van der Waals surface area contributed by atoms with Gasteiger partial charge in [-0.15, -0.1) is 23.5 Å². The summed E-state index contributed by atoms with van der Waals surface area (Å²) < 4.78 is 0. The van der Waals surface area contributed by atoms with Crippen molar-refractivity contribution in [1.29, 1.82) is 0 Å². The van der Waals surface area contributed by atoms with Gasteiger partial charge in [-0.25, -0.2) is 4.79 Å². The molecule has 0 aliphatic carbocycles. The van der Waals surface area contributed by atoms with Crippen LogP contribution >= 0.6 is 23.5 Å². The molecule has 2 unspecified atom stereocenters. The maximum Gasteiger partial charge on any atom is 0.421 e. The first-order valence-corrected chi connectivity index (χ1v) is 6.06. The van der Waals surface area contributed by atoms with Gasteiger partial charge in [0.2, 0.25) is 0 Å². The minimum atomic E-state index is -1.46. The molecule has 14 heavy (non-hydrogen) atoms. The summed E-state index contributed by atoms with van der Waals surface area (Å²) in [5.74, 6) is 0.422. The molecule has 3 amide bonds. The molecule has 76 valence electrons. The Morgan fingerprint density at radius 2 is 1.64 bits per heavy atom. The van der Waals surface area contributed by atoms with Crippen molar-refractivity contribution in [2.24, 2.45) is 0 Å². The quantitative estimate of drug-likeness (QED) is 0.604. The van der Waals surface area contributed by atoms with Gasteiger partial charge in [0.1, 0.15) is 10.5 Å². The highest BCUT2D eigenvalue weighted by Crippen LogP contribution is 2.38. The minimum Gasteiger partial charge on any atom is -0.464 e.